The fraction of sp³-hybridized carbons (Fsp3) is 0.417. The number of amides is 1. The largest absolute Gasteiger partial charge is 0.337 e. The zero-order chi connectivity index (χ0) is 11.7. The van der Waals surface area contributed by atoms with E-state index in [1.54, 1.807) is 0 Å². The molecule has 0 bridgehead atoms. The minimum atomic E-state index is 0. The van der Waals surface area contributed by atoms with E-state index < -0.39 is 0 Å². The Bertz CT molecular complexity index is 405. The van der Waals surface area contributed by atoms with E-state index >= 15 is 0 Å². The Hall–Kier alpha value is -0.580. The summed E-state index contributed by atoms with van der Waals surface area (Å²) < 4.78 is 0.944. The first kappa shape index (κ1) is 14.5. The van der Waals surface area contributed by atoms with Crippen molar-refractivity contribution >= 4 is 34.2 Å². The van der Waals surface area contributed by atoms with E-state index in [9.17, 15) is 4.79 Å². The number of nitrogens with zero attached hydrogens (tertiary/aromatic N) is 1. The summed E-state index contributed by atoms with van der Waals surface area (Å²) >= 11 is 3.41. The first-order chi connectivity index (χ1) is 7.56. The van der Waals surface area contributed by atoms with Gasteiger partial charge in [0.2, 0.25) is 0 Å². The summed E-state index contributed by atoms with van der Waals surface area (Å²) in [5, 5.41) is 0. The highest BCUT2D eigenvalue weighted by Gasteiger charge is 2.24. The summed E-state index contributed by atoms with van der Waals surface area (Å²) in [6.07, 6.45) is 0.902. The molecule has 1 amide bonds. The van der Waals surface area contributed by atoms with Crippen molar-refractivity contribution in [1.82, 2.24) is 4.90 Å². The van der Waals surface area contributed by atoms with Crippen LogP contribution in [-0.4, -0.2) is 29.9 Å². The van der Waals surface area contributed by atoms with Crippen LogP contribution in [0.25, 0.3) is 0 Å². The van der Waals surface area contributed by atoms with Crippen LogP contribution in [0.4, 0.5) is 0 Å². The minimum Gasteiger partial charge on any atom is -0.337 e. The lowest BCUT2D eigenvalue weighted by atomic mass is 10.1. The molecule has 5 heteroatoms. The number of benzene rings is 1. The van der Waals surface area contributed by atoms with E-state index in [2.05, 4.69) is 15.9 Å². The molecule has 1 aliphatic heterocycles. The molecule has 0 radical (unpaired) electrons. The maximum atomic E-state index is 12.1. The van der Waals surface area contributed by atoms with E-state index in [1.807, 2.05) is 30.0 Å². The van der Waals surface area contributed by atoms with E-state index in [4.69, 9.17) is 5.73 Å². The van der Waals surface area contributed by atoms with Gasteiger partial charge in [0.05, 0.1) is 0 Å². The van der Waals surface area contributed by atoms with Crippen LogP contribution in [0.2, 0.25) is 0 Å². The molecule has 1 saturated heterocycles. The molecule has 1 atom stereocenters. The standard InChI is InChI=1S/C12H15BrN2O.ClH/c1-8-4-9(6-10(13)5-8)12(16)15-3-2-11(14)7-15;/h4-6,11H,2-3,7,14H2,1H3;1H/t11-;/m1./s1. The number of halogens is 2. The molecule has 1 fully saturated rings. The van der Waals surface area contributed by atoms with Crippen molar-refractivity contribution < 1.29 is 4.79 Å². The van der Waals surface area contributed by atoms with Gasteiger partial charge in [-0.15, -0.1) is 12.4 Å². The van der Waals surface area contributed by atoms with Crippen molar-refractivity contribution in [2.24, 2.45) is 5.73 Å². The summed E-state index contributed by atoms with van der Waals surface area (Å²) in [5.74, 6) is 0.0809. The fourth-order valence-corrected chi connectivity index (χ4v) is 2.62. The summed E-state index contributed by atoms with van der Waals surface area (Å²) in [6, 6.07) is 5.90. The van der Waals surface area contributed by atoms with Crippen molar-refractivity contribution in [3.63, 3.8) is 0 Å². The highest BCUT2D eigenvalue weighted by molar-refractivity contribution is 9.10. The van der Waals surface area contributed by atoms with Crippen molar-refractivity contribution in [3.8, 4) is 0 Å². The number of carbonyl (C=O) groups is 1. The molecule has 3 nitrogen and oxygen atoms in total. The molecule has 1 aromatic rings. The van der Waals surface area contributed by atoms with Gasteiger partial charge in [0.25, 0.3) is 5.91 Å². The predicted molar refractivity (Wildman–Crippen MR) is 74.6 cm³/mol. The number of aryl methyl sites for hydroxylation is 1. The zero-order valence-corrected chi connectivity index (χ0v) is 12.1. The molecule has 17 heavy (non-hydrogen) atoms. The topological polar surface area (TPSA) is 46.3 Å². The first-order valence-electron chi connectivity index (χ1n) is 5.38. The fourth-order valence-electron chi connectivity index (χ4n) is 2.01. The van der Waals surface area contributed by atoms with Crippen molar-refractivity contribution in [1.29, 1.82) is 0 Å². The maximum Gasteiger partial charge on any atom is 0.253 e. The average molecular weight is 320 g/mol. The normalized spacial score (nSPS) is 19.0. The predicted octanol–water partition coefficient (Wildman–Crippen LogP) is 2.35. The van der Waals surface area contributed by atoms with Gasteiger partial charge in [0, 0.05) is 29.2 Å². The lowest BCUT2D eigenvalue weighted by Gasteiger charge is -2.16. The first-order valence-corrected chi connectivity index (χ1v) is 6.17. The van der Waals surface area contributed by atoms with Crippen LogP contribution in [0, 0.1) is 6.92 Å². The van der Waals surface area contributed by atoms with Gasteiger partial charge in [-0.05, 0) is 37.1 Å². The van der Waals surface area contributed by atoms with Crippen LogP contribution in [0.5, 0.6) is 0 Å². The quantitative estimate of drug-likeness (QED) is 0.863. The molecular weight excluding hydrogens is 304 g/mol. The van der Waals surface area contributed by atoms with Crippen molar-refractivity contribution in [2.75, 3.05) is 13.1 Å². The Morgan fingerprint density at radius 3 is 2.71 bits per heavy atom. The van der Waals surface area contributed by atoms with Gasteiger partial charge in [-0.3, -0.25) is 4.79 Å². The third-order valence-corrected chi connectivity index (χ3v) is 3.26. The molecule has 1 heterocycles. The van der Waals surface area contributed by atoms with Crippen LogP contribution in [0.15, 0.2) is 22.7 Å². The van der Waals surface area contributed by atoms with Crippen LogP contribution < -0.4 is 5.73 Å². The lowest BCUT2D eigenvalue weighted by molar-refractivity contribution is 0.0790. The van der Waals surface area contributed by atoms with Gasteiger partial charge in [0.1, 0.15) is 0 Å². The zero-order valence-electron chi connectivity index (χ0n) is 9.65. The van der Waals surface area contributed by atoms with Gasteiger partial charge in [-0.2, -0.15) is 0 Å². The highest BCUT2D eigenvalue weighted by Crippen LogP contribution is 2.18. The number of rotatable bonds is 1. The highest BCUT2D eigenvalue weighted by atomic mass is 79.9. The summed E-state index contributed by atoms with van der Waals surface area (Å²) in [6.45, 7) is 3.42. The molecular formula is C12H16BrClN2O. The van der Waals surface area contributed by atoms with Crippen LogP contribution >= 0.6 is 28.3 Å². The Morgan fingerprint density at radius 1 is 1.47 bits per heavy atom. The van der Waals surface area contributed by atoms with Gasteiger partial charge in [-0.1, -0.05) is 15.9 Å². The average Bonchev–Trinajstić information content (AvgIpc) is 2.62. The summed E-state index contributed by atoms with van der Waals surface area (Å²) in [5.41, 5.74) is 7.62. The third kappa shape index (κ3) is 3.44. The number of hydrogen-bond donors (Lipinski definition) is 1. The molecule has 0 aliphatic carbocycles. The van der Waals surface area contributed by atoms with Crippen molar-refractivity contribution in [3.05, 3.63) is 33.8 Å². The number of carbonyl (C=O) groups excluding carboxylic acids is 1. The Morgan fingerprint density at radius 2 is 2.18 bits per heavy atom. The maximum absolute atomic E-state index is 12.1. The second-order valence-corrected chi connectivity index (χ2v) is 5.23. The molecule has 0 spiro atoms. The molecule has 2 N–H and O–H groups in total. The van der Waals surface area contributed by atoms with Crippen LogP contribution in [0.3, 0.4) is 0 Å². The molecule has 0 aromatic heterocycles. The number of hydrogen-bond acceptors (Lipinski definition) is 2. The van der Waals surface area contributed by atoms with E-state index in [0.717, 1.165) is 28.6 Å². The van der Waals surface area contributed by atoms with E-state index in [1.165, 1.54) is 0 Å². The van der Waals surface area contributed by atoms with Crippen LogP contribution in [-0.2, 0) is 0 Å². The van der Waals surface area contributed by atoms with Gasteiger partial charge in [-0.25, -0.2) is 0 Å². The number of nitrogens with two attached hydrogens (primary N) is 1. The van der Waals surface area contributed by atoms with Gasteiger partial charge >= 0.3 is 0 Å². The Balaban J connectivity index is 0.00000144. The Labute approximate surface area is 116 Å². The van der Waals surface area contributed by atoms with Gasteiger partial charge in [0.15, 0.2) is 0 Å². The smallest absolute Gasteiger partial charge is 0.253 e. The Kier molecular flexibility index (Phi) is 4.98. The molecule has 0 unspecified atom stereocenters. The molecule has 2 rings (SSSR count). The number of likely N-dealkylation sites (tertiary alicyclic amines) is 1. The molecule has 0 saturated carbocycles. The second-order valence-electron chi connectivity index (χ2n) is 4.32. The van der Waals surface area contributed by atoms with E-state index in [-0.39, 0.29) is 24.4 Å². The molecule has 1 aromatic carbocycles. The molecule has 1 aliphatic rings. The van der Waals surface area contributed by atoms with Crippen LogP contribution in [0.1, 0.15) is 22.3 Å². The molecule has 94 valence electrons. The minimum absolute atomic E-state index is 0. The van der Waals surface area contributed by atoms with E-state index in [0.29, 0.717) is 6.54 Å². The van der Waals surface area contributed by atoms with Gasteiger partial charge < -0.3 is 10.6 Å². The summed E-state index contributed by atoms with van der Waals surface area (Å²) in [7, 11) is 0. The monoisotopic (exact) mass is 318 g/mol. The summed E-state index contributed by atoms with van der Waals surface area (Å²) in [4.78, 5) is 14.0. The van der Waals surface area contributed by atoms with Crippen molar-refractivity contribution in [2.45, 2.75) is 19.4 Å². The second kappa shape index (κ2) is 5.85. The third-order valence-electron chi connectivity index (χ3n) is 2.80. The SMILES string of the molecule is Cc1cc(Br)cc(C(=O)N2CC[C@@H](N)C2)c1.Cl. The lowest BCUT2D eigenvalue weighted by Crippen LogP contribution is -2.31.